The van der Waals surface area contributed by atoms with Crippen molar-refractivity contribution in [1.82, 2.24) is 9.88 Å². The first kappa shape index (κ1) is 15.2. The molecule has 1 aromatic carbocycles. The summed E-state index contributed by atoms with van der Waals surface area (Å²) < 4.78 is 14.4. The summed E-state index contributed by atoms with van der Waals surface area (Å²) in [7, 11) is 0. The van der Waals surface area contributed by atoms with Crippen molar-refractivity contribution in [1.29, 1.82) is 5.26 Å². The summed E-state index contributed by atoms with van der Waals surface area (Å²) >= 11 is 0. The second-order valence-electron chi connectivity index (χ2n) is 5.68. The minimum Gasteiger partial charge on any atom is -0.357 e. The van der Waals surface area contributed by atoms with E-state index in [9.17, 15) is 9.18 Å². The van der Waals surface area contributed by atoms with Crippen molar-refractivity contribution in [3.63, 3.8) is 0 Å². The molecule has 2 aromatic rings. The number of nitriles is 1. The summed E-state index contributed by atoms with van der Waals surface area (Å²) in [4.78, 5) is 21.6. The van der Waals surface area contributed by atoms with Crippen LogP contribution in [0.2, 0.25) is 0 Å². The van der Waals surface area contributed by atoms with E-state index in [1.807, 2.05) is 19.9 Å². The summed E-state index contributed by atoms with van der Waals surface area (Å²) in [6.07, 6.45) is 1.37. The minimum atomic E-state index is -0.634. The smallest absolute Gasteiger partial charge is 0.357 e. The van der Waals surface area contributed by atoms with Crippen LogP contribution in [-0.2, 0) is 4.84 Å². The van der Waals surface area contributed by atoms with Gasteiger partial charge in [0.15, 0.2) is 5.82 Å². The number of benzene rings is 1. The van der Waals surface area contributed by atoms with Gasteiger partial charge < -0.3 is 14.7 Å². The molecule has 0 atom stereocenters. The molecule has 120 valence electrons. The Labute approximate surface area is 132 Å². The molecule has 2 heterocycles. The molecule has 6 nitrogen and oxygen atoms in total. The van der Waals surface area contributed by atoms with Gasteiger partial charge in [-0.25, -0.2) is 14.7 Å². The van der Waals surface area contributed by atoms with Gasteiger partial charge in [-0.15, -0.1) is 0 Å². The Kier molecular flexibility index (Phi) is 3.82. The molecule has 0 spiro atoms. The average Bonchev–Trinajstić information content (AvgIpc) is 3.16. The Morgan fingerprint density at radius 3 is 2.78 bits per heavy atom. The number of halogens is 1. The first-order valence-electron chi connectivity index (χ1n) is 7.46. The van der Waals surface area contributed by atoms with Crippen molar-refractivity contribution in [2.45, 2.75) is 26.7 Å². The molecule has 1 aromatic heterocycles. The van der Waals surface area contributed by atoms with Gasteiger partial charge in [-0.3, -0.25) is 0 Å². The highest BCUT2D eigenvalue weighted by atomic mass is 19.1. The van der Waals surface area contributed by atoms with E-state index in [1.54, 1.807) is 4.90 Å². The maximum absolute atomic E-state index is 14.4. The van der Waals surface area contributed by atoms with Gasteiger partial charge in [0.2, 0.25) is 0 Å². The molecule has 1 aliphatic heterocycles. The zero-order chi connectivity index (χ0) is 16.6. The largest absolute Gasteiger partial charge is 0.434 e. The lowest BCUT2D eigenvalue weighted by molar-refractivity contribution is 0.131. The molecule has 23 heavy (non-hydrogen) atoms. The van der Waals surface area contributed by atoms with E-state index in [0.29, 0.717) is 24.0 Å². The van der Waals surface area contributed by atoms with Crippen LogP contribution in [0.25, 0.3) is 10.9 Å². The van der Waals surface area contributed by atoms with Crippen LogP contribution in [0.1, 0.15) is 29.7 Å². The third kappa shape index (κ3) is 2.57. The van der Waals surface area contributed by atoms with E-state index in [2.05, 4.69) is 10.5 Å². The predicted molar refractivity (Wildman–Crippen MR) is 83.4 cm³/mol. The van der Waals surface area contributed by atoms with E-state index >= 15 is 0 Å². The van der Waals surface area contributed by atoms with Crippen LogP contribution in [0.3, 0.4) is 0 Å². The Morgan fingerprint density at radius 1 is 1.43 bits per heavy atom. The molecule has 0 unspecified atom stereocenters. The number of rotatable bonds is 2. The van der Waals surface area contributed by atoms with Crippen molar-refractivity contribution in [2.75, 3.05) is 18.6 Å². The lowest BCUT2D eigenvalue weighted by Gasteiger charge is -2.16. The highest BCUT2D eigenvalue weighted by Gasteiger charge is 2.22. The molecule has 0 bridgehead atoms. The molecule has 1 amide bonds. The zero-order valence-electron chi connectivity index (χ0n) is 13.0. The molecule has 1 aliphatic rings. The number of nitrogens with zero attached hydrogens (tertiary/aromatic N) is 2. The molecule has 2 N–H and O–H groups in total. The van der Waals surface area contributed by atoms with Gasteiger partial charge >= 0.3 is 6.09 Å². The highest BCUT2D eigenvalue weighted by molar-refractivity contribution is 5.99. The number of aromatic nitrogens is 1. The SMILES string of the molecule is Cc1[nH]c2c(C#N)cc(F)c(NOC(=O)N3CCCC3)c2c1C. The molecule has 3 rings (SSSR count). The summed E-state index contributed by atoms with van der Waals surface area (Å²) in [5.41, 5.74) is 4.88. The van der Waals surface area contributed by atoms with Gasteiger partial charge in [0.1, 0.15) is 11.8 Å². The first-order chi connectivity index (χ1) is 11.0. The minimum absolute atomic E-state index is 0.0633. The second kappa shape index (κ2) is 5.80. The summed E-state index contributed by atoms with van der Waals surface area (Å²) in [6.45, 7) is 4.96. The van der Waals surface area contributed by atoms with Gasteiger partial charge in [0, 0.05) is 24.2 Å². The number of H-pyrrole nitrogens is 1. The quantitative estimate of drug-likeness (QED) is 0.833. The second-order valence-corrected chi connectivity index (χ2v) is 5.68. The fraction of sp³-hybridized carbons (Fsp3) is 0.375. The lowest BCUT2D eigenvalue weighted by atomic mass is 10.1. The number of amides is 1. The standard InChI is InChI=1S/C16H17FN4O2/c1-9-10(2)19-14-11(8-18)7-12(17)15(13(9)14)20-23-16(22)21-5-3-4-6-21/h7,19-20H,3-6H2,1-2H3. The zero-order valence-corrected chi connectivity index (χ0v) is 13.0. The van der Waals surface area contributed by atoms with Gasteiger partial charge in [-0.1, -0.05) is 0 Å². The lowest BCUT2D eigenvalue weighted by Crippen LogP contribution is -2.30. The van der Waals surface area contributed by atoms with Crippen molar-refractivity contribution in [2.24, 2.45) is 0 Å². The van der Waals surface area contributed by atoms with Gasteiger partial charge in [-0.05, 0) is 38.3 Å². The van der Waals surface area contributed by atoms with E-state index in [1.165, 1.54) is 0 Å². The Hall–Kier alpha value is -2.75. The van der Waals surface area contributed by atoms with Crippen molar-refractivity contribution in [3.05, 3.63) is 28.7 Å². The van der Waals surface area contributed by atoms with E-state index in [0.717, 1.165) is 30.2 Å². The topological polar surface area (TPSA) is 81.1 Å². The number of hydrogen-bond donors (Lipinski definition) is 2. The Morgan fingerprint density at radius 2 is 2.13 bits per heavy atom. The van der Waals surface area contributed by atoms with Crippen LogP contribution in [0.5, 0.6) is 0 Å². The molecule has 0 aliphatic carbocycles. The van der Waals surface area contributed by atoms with Crippen molar-refractivity contribution in [3.8, 4) is 6.07 Å². The van der Waals surface area contributed by atoms with Crippen molar-refractivity contribution < 1.29 is 14.0 Å². The molecule has 1 fully saturated rings. The average molecular weight is 316 g/mol. The number of aromatic amines is 1. The number of anilines is 1. The number of carbonyl (C=O) groups excluding carboxylic acids is 1. The summed E-state index contributed by atoms with van der Waals surface area (Å²) in [5, 5.41) is 9.69. The number of fused-ring (bicyclic) bond motifs is 1. The highest BCUT2D eigenvalue weighted by Crippen LogP contribution is 2.33. The van der Waals surface area contributed by atoms with Gasteiger partial charge in [-0.2, -0.15) is 5.26 Å². The summed E-state index contributed by atoms with van der Waals surface area (Å²) in [6, 6.07) is 3.10. The first-order valence-corrected chi connectivity index (χ1v) is 7.46. The van der Waals surface area contributed by atoms with Crippen LogP contribution in [0, 0.1) is 31.0 Å². The fourth-order valence-electron chi connectivity index (χ4n) is 2.87. The van der Waals surface area contributed by atoms with Crippen LogP contribution in [0.4, 0.5) is 14.9 Å². The molecule has 0 radical (unpaired) electrons. The van der Waals surface area contributed by atoms with E-state index < -0.39 is 11.9 Å². The molecule has 7 heteroatoms. The van der Waals surface area contributed by atoms with Gasteiger partial charge in [0.25, 0.3) is 0 Å². The number of hydrogen-bond acceptors (Lipinski definition) is 4. The van der Waals surface area contributed by atoms with Crippen LogP contribution < -0.4 is 5.48 Å². The molecule has 1 saturated heterocycles. The maximum Gasteiger partial charge on any atom is 0.434 e. The Balaban J connectivity index is 1.95. The number of likely N-dealkylation sites (tertiary alicyclic amines) is 1. The molecule has 0 saturated carbocycles. The number of carbonyl (C=O) groups is 1. The van der Waals surface area contributed by atoms with E-state index in [-0.39, 0.29) is 11.3 Å². The Bertz CT molecular complexity index is 816. The number of aryl methyl sites for hydroxylation is 2. The van der Waals surface area contributed by atoms with Crippen LogP contribution in [-0.4, -0.2) is 29.1 Å². The third-order valence-corrected chi connectivity index (χ3v) is 4.25. The van der Waals surface area contributed by atoms with Crippen LogP contribution >= 0.6 is 0 Å². The van der Waals surface area contributed by atoms with Gasteiger partial charge in [0.05, 0.1) is 11.1 Å². The monoisotopic (exact) mass is 316 g/mol. The maximum atomic E-state index is 14.4. The summed E-state index contributed by atoms with van der Waals surface area (Å²) in [5.74, 6) is -0.634. The van der Waals surface area contributed by atoms with Crippen molar-refractivity contribution >= 4 is 22.7 Å². The molecular formula is C16H17FN4O2. The fourth-order valence-corrected chi connectivity index (χ4v) is 2.87. The van der Waals surface area contributed by atoms with E-state index in [4.69, 9.17) is 10.1 Å². The number of nitrogens with one attached hydrogen (secondary N) is 2. The predicted octanol–water partition coefficient (Wildman–Crippen LogP) is 3.35. The molecular weight excluding hydrogens is 299 g/mol. The third-order valence-electron chi connectivity index (χ3n) is 4.25. The van der Waals surface area contributed by atoms with Crippen LogP contribution in [0.15, 0.2) is 6.07 Å². The normalized spacial score (nSPS) is 14.1.